The molecule has 0 saturated carbocycles. The molecule has 0 bridgehead atoms. The van der Waals surface area contributed by atoms with Crippen LogP contribution < -0.4 is 10.9 Å². The third kappa shape index (κ3) is 2.50. The van der Waals surface area contributed by atoms with Gasteiger partial charge in [0.15, 0.2) is 0 Å². The van der Waals surface area contributed by atoms with E-state index < -0.39 is 0 Å². The first-order valence-electron chi connectivity index (χ1n) is 5.30. The number of benzene rings is 1. The third-order valence-corrected chi connectivity index (χ3v) is 2.41. The standard InChI is InChI=1S/C12H13N3O2/c1-7-3-4-10-9(5-7)12(17)15-11(14-10)6-13-8(2)16/h3-5H,6H2,1-2H3,(H,13,16)(H,14,15,17). The Morgan fingerprint density at radius 3 is 2.94 bits per heavy atom. The summed E-state index contributed by atoms with van der Waals surface area (Å²) >= 11 is 0. The average molecular weight is 231 g/mol. The molecule has 0 radical (unpaired) electrons. The molecule has 2 rings (SSSR count). The predicted octanol–water partition coefficient (Wildman–Crippen LogP) is 0.868. The minimum absolute atomic E-state index is 0.156. The van der Waals surface area contributed by atoms with Crippen molar-refractivity contribution >= 4 is 16.8 Å². The van der Waals surface area contributed by atoms with E-state index in [0.717, 1.165) is 5.56 Å². The number of aryl methyl sites for hydroxylation is 1. The Morgan fingerprint density at radius 1 is 1.47 bits per heavy atom. The number of nitrogens with one attached hydrogen (secondary N) is 2. The highest BCUT2D eigenvalue weighted by Gasteiger charge is 2.04. The summed E-state index contributed by atoms with van der Waals surface area (Å²) in [6.07, 6.45) is 0. The van der Waals surface area contributed by atoms with Crippen LogP contribution in [0.2, 0.25) is 0 Å². The van der Waals surface area contributed by atoms with Crippen LogP contribution in [0.25, 0.3) is 10.9 Å². The number of carbonyl (C=O) groups excluding carboxylic acids is 1. The van der Waals surface area contributed by atoms with Crippen LogP contribution in [0.5, 0.6) is 0 Å². The van der Waals surface area contributed by atoms with Crippen molar-refractivity contribution in [3.05, 3.63) is 39.9 Å². The Bertz CT molecular complexity index is 631. The second-order valence-electron chi connectivity index (χ2n) is 3.94. The number of hydrogen-bond donors (Lipinski definition) is 2. The topological polar surface area (TPSA) is 74.8 Å². The fourth-order valence-electron chi connectivity index (χ4n) is 1.59. The molecule has 1 aromatic heterocycles. The summed E-state index contributed by atoms with van der Waals surface area (Å²) in [6, 6.07) is 5.50. The van der Waals surface area contributed by atoms with Gasteiger partial charge in [-0.25, -0.2) is 4.98 Å². The molecule has 5 nitrogen and oxygen atoms in total. The first-order valence-corrected chi connectivity index (χ1v) is 5.30. The van der Waals surface area contributed by atoms with Gasteiger partial charge >= 0.3 is 0 Å². The molecular formula is C12H13N3O2. The summed E-state index contributed by atoms with van der Waals surface area (Å²) in [6.45, 7) is 3.57. The molecule has 1 heterocycles. The van der Waals surface area contributed by atoms with Crippen LogP contribution in [-0.4, -0.2) is 15.9 Å². The molecule has 0 unspecified atom stereocenters. The van der Waals surface area contributed by atoms with Crippen LogP contribution in [0.15, 0.2) is 23.0 Å². The van der Waals surface area contributed by atoms with E-state index in [-0.39, 0.29) is 18.0 Å². The number of aromatic amines is 1. The Kier molecular flexibility index (Phi) is 2.91. The number of fused-ring (bicyclic) bond motifs is 1. The van der Waals surface area contributed by atoms with Crippen LogP contribution in [-0.2, 0) is 11.3 Å². The lowest BCUT2D eigenvalue weighted by atomic mass is 10.2. The third-order valence-electron chi connectivity index (χ3n) is 2.41. The molecule has 1 amide bonds. The molecule has 0 aliphatic carbocycles. The second kappa shape index (κ2) is 4.37. The van der Waals surface area contributed by atoms with Gasteiger partial charge in [0.25, 0.3) is 5.56 Å². The zero-order valence-electron chi connectivity index (χ0n) is 9.70. The molecule has 1 aromatic carbocycles. The summed E-state index contributed by atoms with van der Waals surface area (Å²) in [5.74, 6) is 0.304. The Hall–Kier alpha value is -2.17. The molecule has 0 fully saturated rings. The van der Waals surface area contributed by atoms with E-state index in [1.54, 1.807) is 12.1 Å². The number of amides is 1. The van der Waals surface area contributed by atoms with E-state index in [1.807, 2.05) is 13.0 Å². The normalized spacial score (nSPS) is 10.5. The first kappa shape index (κ1) is 11.3. The number of carbonyl (C=O) groups is 1. The van der Waals surface area contributed by atoms with E-state index in [2.05, 4.69) is 15.3 Å². The van der Waals surface area contributed by atoms with Crippen molar-refractivity contribution < 1.29 is 4.79 Å². The Labute approximate surface area is 97.9 Å². The molecule has 0 atom stereocenters. The van der Waals surface area contributed by atoms with Crippen molar-refractivity contribution in [2.75, 3.05) is 0 Å². The number of nitrogens with zero attached hydrogens (tertiary/aromatic N) is 1. The maximum atomic E-state index is 11.8. The van der Waals surface area contributed by atoms with Gasteiger partial charge in [-0.2, -0.15) is 0 Å². The SMILES string of the molecule is CC(=O)NCc1nc2ccc(C)cc2c(=O)[nH]1. The van der Waals surface area contributed by atoms with Crippen molar-refractivity contribution in [1.29, 1.82) is 0 Å². The van der Waals surface area contributed by atoms with Gasteiger partial charge in [0.1, 0.15) is 5.82 Å². The fourth-order valence-corrected chi connectivity index (χ4v) is 1.59. The van der Waals surface area contributed by atoms with Gasteiger partial charge in [-0.1, -0.05) is 11.6 Å². The molecule has 2 N–H and O–H groups in total. The number of H-pyrrole nitrogens is 1. The van der Waals surface area contributed by atoms with E-state index >= 15 is 0 Å². The maximum absolute atomic E-state index is 11.8. The largest absolute Gasteiger partial charge is 0.349 e. The Balaban J connectivity index is 2.45. The molecule has 2 aromatic rings. The van der Waals surface area contributed by atoms with Gasteiger partial charge in [0, 0.05) is 6.92 Å². The zero-order valence-corrected chi connectivity index (χ0v) is 9.70. The molecule has 0 aliphatic rings. The van der Waals surface area contributed by atoms with Crippen LogP contribution in [0, 0.1) is 6.92 Å². The monoisotopic (exact) mass is 231 g/mol. The highest BCUT2D eigenvalue weighted by atomic mass is 16.1. The van der Waals surface area contributed by atoms with Gasteiger partial charge in [0.05, 0.1) is 17.4 Å². The van der Waals surface area contributed by atoms with Crippen LogP contribution in [0.1, 0.15) is 18.3 Å². The number of hydrogen-bond acceptors (Lipinski definition) is 3. The first-order chi connectivity index (χ1) is 8.06. The molecule has 88 valence electrons. The summed E-state index contributed by atoms with van der Waals surface area (Å²) in [5, 5.41) is 3.16. The van der Waals surface area contributed by atoms with Crippen LogP contribution in [0.4, 0.5) is 0 Å². The van der Waals surface area contributed by atoms with Crippen molar-refractivity contribution in [2.45, 2.75) is 20.4 Å². The molecule has 17 heavy (non-hydrogen) atoms. The van der Waals surface area contributed by atoms with Gasteiger partial charge in [-0.15, -0.1) is 0 Å². The number of aromatic nitrogens is 2. The molecular weight excluding hydrogens is 218 g/mol. The zero-order chi connectivity index (χ0) is 12.4. The van der Waals surface area contributed by atoms with E-state index in [4.69, 9.17) is 0 Å². The minimum Gasteiger partial charge on any atom is -0.349 e. The van der Waals surface area contributed by atoms with Gasteiger partial charge in [-0.3, -0.25) is 9.59 Å². The fraction of sp³-hybridized carbons (Fsp3) is 0.250. The lowest BCUT2D eigenvalue weighted by Gasteiger charge is -2.04. The number of rotatable bonds is 2. The highest BCUT2D eigenvalue weighted by molar-refractivity contribution is 5.78. The van der Waals surface area contributed by atoms with Gasteiger partial charge < -0.3 is 10.3 Å². The lowest BCUT2D eigenvalue weighted by molar-refractivity contribution is -0.119. The lowest BCUT2D eigenvalue weighted by Crippen LogP contribution is -2.23. The average Bonchev–Trinajstić information content (AvgIpc) is 2.27. The van der Waals surface area contributed by atoms with Crippen molar-refractivity contribution in [1.82, 2.24) is 15.3 Å². The van der Waals surface area contributed by atoms with Crippen LogP contribution >= 0.6 is 0 Å². The second-order valence-corrected chi connectivity index (χ2v) is 3.94. The molecule has 0 aliphatic heterocycles. The minimum atomic E-state index is -0.181. The van der Waals surface area contributed by atoms with Crippen molar-refractivity contribution in [3.8, 4) is 0 Å². The van der Waals surface area contributed by atoms with E-state index in [1.165, 1.54) is 6.92 Å². The van der Waals surface area contributed by atoms with E-state index in [0.29, 0.717) is 16.7 Å². The highest BCUT2D eigenvalue weighted by Crippen LogP contribution is 2.09. The summed E-state index contributed by atoms with van der Waals surface area (Å²) in [7, 11) is 0. The van der Waals surface area contributed by atoms with Gasteiger partial charge in [0.2, 0.25) is 5.91 Å². The quantitative estimate of drug-likeness (QED) is 0.805. The summed E-state index contributed by atoms with van der Waals surface area (Å²) in [5.41, 5.74) is 1.47. The maximum Gasteiger partial charge on any atom is 0.258 e. The summed E-state index contributed by atoms with van der Waals surface area (Å²) < 4.78 is 0. The Morgan fingerprint density at radius 2 is 2.24 bits per heavy atom. The van der Waals surface area contributed by atoms with Crippen molar-refractivity contribution in [3.63, 3.8) is 0 Å². The predicted molar refractivity (Wildman–Crippen MR) is 64.6 cm³/mol. The molecule has 5 heteroatoms. The molecule has 0 saturated heterocycles. The van der Waals surface area contributed by atoms with Crippen LogP contribution in [0.3, 0.4) is 0 Å². The summed E-state index contributed by atoms with van der Waals surface area (Å²) in [4.78, 5) is 29.5. The van der Waals surface area contributed by atoms with Crippen molar-refractivity contribution in [2.24, 2.45) is 0 Å². The van der Waals surface area contributed by atoms with E-state index in [9.17, 15) is 9.59 Å². The molecule has 0 spiro atoms. The van der Waals surface area contributed by atoms with Gasteiger partial charge in [-0.05, 0) is 19.1 Å². The smallest absolute Gasteiger partial charge is 0.258 e.